The van der Waals surface area contributed by atoms with E-state index in [1.165, 1.54) is 25.7 Å². The largest absolute Gasteiger partial charge is 0.481 e. The van der Waals surface area contributed by atoms with Gasteiger partial charge in [0.15, 0.2) is 0 Å². The van der Waals surface area contributed by atoms with Crippen LogP contribution >= 0.6 is 0 Å². The molecule has 3 heteroatoms. The normalized spacial score (nSPS) is 21.5. The van der Waals surface area contributed by atoms with Gasteiger partial charge in [0.25, 0.3) is 0 Å². The zero-order valence-electron chi connectivity index (χ0n) is 9.83. The summed E-state index contributed by atoms with van der Waals surface area (Å²) in [4.78, 5) is 10.4. The number of carboxylic acids is 1. The van der Waals surface area contributed by atoms with Crippen LogP contribution in [0.3, 0.4) is 0 Å². The van der Waals surface area contributed by atoms with Crippen LogP contribution in [0.25, 0.3) is 0 Å². The minimum atomic E-state index is -0.697. The Balaban J connectivity index is 2.18. The van der Waals surface area contributed by atoms with Crippen molar-refractivity contribution in [3.05, 3.63) is 0 Å². The summed E-state index contributed by atoms with van der Waals surface area (Å²) < 4.78 is 0. The number of carbonyl (C=O) groups is 1. The molecule has 0 saturated heterocycles. The molecule has 1 rings (SSSR count). The molecule has 0 aromatic rings. The van der Waals surface area contributed by atoms with Crippen LogP contribution in [0.15, 0.2) is 0 Å². The van der Waals surface area contributed by atoms with E-state index in [1.54, 1.807) is 0 Å². The van der Waals surface area contributed by atoms with Crippen molar-refractivity contribution < 1.29 is 9.90 Å². The highest BCUT2D eigenvalue weighted by Gasteiger charge is 2.22. The Bertz CT molecular complexity index is 200. The van der Waals surface area contributed by atoms with Crippen molar-refractivity contribution in [3.63, 3.8) is 0 Å². The molecule has 15 heavy (non-hydrogen) atoms. The number of carboxylic acid groups (broad SMARTS) is 1. The summed E-state index contributed by atoms with van der Waals surface area (Å²) in [6.07, 6.45) is 6.39. The smallest absolute Gasteiger partial charge is 0.303 e. The highest BCUT2D eigenvalue weighted by Crippen LogP contribution is 2.27. The predicted molar refractivity (Wildman–Crippen MR) is 60.9 cm³/mol. The SMILES string of the molecule is CC(CCC(=O)O)N[C@@H](C)C1CCCC1. The highest BCUT2D eigenvalue weighted by atomic mass is 16.4. The summed E-state index contributed by atoms with van der Waals surface area (Å²) in [5.74, 6) is 0.106. The summed E-state index contributed by atoms with van der Waals surface area (Å²) in [5.41, 5.74) is 0. The first kappa shape index (κ1) is 12.5. The molecule has 88 valence electrons. The van der Waals surface area contributed by atoms with E-state index < -0.39 is 5.97 Å². The Morgan fingerprint density at radius 2 is 2.00 bits per heavy atom. The van der Waals surface area contributed by atoms with Gasteiger partial charge >= 0.3 is 5.97 Å². The van der Waals surface area contributed by atoms with Crippen LogP contribution in [-0.2, 0) is 4.79 Å². The molecule has 0 aliphatic heterocycles. The van der Waals surface area contributed by atoms with E-state index in [-0.39, 0.29) is 6.42 Å². The molecule has 0 bridgehead atoms. The molecule has 0 radical (unpaired) electrons. The van der Waals surface area contributed by atoms with Gasteiger partial charge in [-0.25, -0.2) is 0 Å². The fourth-order valence-electron chi connectivity index (χ4n) is 2.47. The van der Waals surface area contributed by atoms with E-state index in [0.717, 1.165) is 12.3 Å². The van der Waals surface area contributed by atoms with Crippen LogP contribution in [-0.4, -0.2) is 23.2 Å². The molecular formula is C12H23NO2. The second kappa shape index (κ2) is 6.11. The van der Waals surface area contributed by atoms with Gasteiger partial charge in [0.1, 0.15) is 0 Å². The van der Waals surface area contributed by atoms with Gasteiger partial charge in [0.2, 0.25) is 0 Å². The third-order valence-corrected chi connectivity index (χ3v) is 3.45. The van der Waals surface area contributed by atoms with Crippen LogP contribution in [0.2, 0.25) is 0 Å². The van der Waals surface area contributed by atoms with Gasteiger partial charge in [-0.3, -0.25) is 4.79 Å². The van der Waals surface area contributed by atoms with Crippen LogP contribution in [0.4, 0.5) is 0 Å². The molecule has 1 saturated carbocycles. The molecule has 1 aliphatic rings. The summed E-state index contributed by atoms with van der Waals surface area (Å²) in [6.45, 7) is 4.31. The Morgan fingerprint density at radius 1 is 1.40 bits per heavy atom. The van der Waals surface area contributed by atoms with Crippen molar-refractivity contribution in [1.82, 2.24) is 5.32 Å². The molecule has 0 heterocycles. The lowest BCUT2D eigenvalue weighted by atomic mass is 9.98. The first-order valence-electron chi connectivity index (χ1n) is 6.07. The maximum atomic E-state index is 10.4. The Morgan fingerprint density at radius 3 is 2.53 bits per heavy atom. The van der Waals surface area contributed by atoms with Gasteiger partial charge in [-0.15, -0.1) is 0 Å². The second-order valence-electron chi connectivity index (χ2n) is 4.83. The van der Waals surface area contributed by atoms with E-state index in [4.69, 9.17) is 5.11 Å². The standard InChI is InChI=1S/C12H23NO2/c1-9(7-8-12(14)15)13-10(2)11-5-3-4-6-11/h9-11,13H,3-8H2,1-2H3,(H,14,15)/t9?,10-/m0/s1. The van der Waals surface area contributed by atoms with Crippen LogP contribution in [0.1, 0.15) is 52.4 Å². The van der Waals surface area contributed by atoms with Crippen LogP contribution < -0.4 is 5.32 Å². The molecule has 1 fully saturated rings. The lowest BCUT2D eigenvalue weighted by molar-refractivity contribution is -0.137. The predicted octanol–water partition coefficient (Wildman–Crippen LogP) is 2.41. The number of aliphatic carboxylic acids is 1. The van der Waals surface area contributed by atoms with E-state index in [0.29, 0.717) is 12.1 Å². The first-order valence-corrected chi connectivity index (χ1v) is 6.07. The fraction of sp³-hybridized carbons (Fsp3) is 0.917. The van der Waals surface area contributed by atoms with Crippen molar-refractivity contribution in [3.8, 4) is 0 Å². The van der Waals surface area contributed by atoms with Gasteiger partial charge in [0, 0.05) is 18.5 Å². The molecule has 2 N–H and O–H groups in total. The maximum Gasteiger partial charge on any atom is 0.303 e. The molecule has 0 spiro atoms. The van der Waals surface area contributed by atoms with Crippen molar-refractivity contribution in [2.75, 3.05) is 0 Å². The first-order chi connectivity index (χ1) is 7.09. The summed E-state index contributed by atoms with van der Waals surface area (Å²) in [7, 11) is 0. The molecule has 3 nitrogen and oxygen atoms in total. The number of rotatable bonds is 6. The third kappa shape index (κ3) is 4.65. The molecular weight excluding hydrogens is 190 g/mol. The van der Waals surface area contributed by atoms with Crippen molar-refractivity contribution >= 4 is 5.97 Å². The zero-order valence-corrected chi connectivity index (χ0v) is 9.83. The van der Waals surface area contributed by atoms with E-state index in [1.807, 2.05) is 0 Å². The Hall–Kier alpha value is -0.570. The van der Waals surface area contributed by atoms with E-state index >= 15 is 0 Å². The lowest BCUT2D eigenvalue weighted by Crippen LogP contribution is -2.38. The average Bonchev–Trinajstić information content (AvgIpc) is 2.67. The summed E-state index contributed by atoms with van der Waals surface area (Å²) >= 11 is 0. The Kier molecular flexibility index (Phi) is 5.09. The average molecular weight is 213 g/mol. The number of nitrogens with one attached hydrogen (secondary N) is 1. The molecule has 1 aliphatic carbocycles. The molecule has 1 unspecified atom stereocenters. The zero-order chi connectivity index (χ0) is 11.3. The molecule has 0 aromatic carbocycles. The molecule has 0 amide bonds. The second-order valence-corrected chi connectivity index (χ2v) is 4.83. The highest BCUT2D eigenvalue weighted by molar-refractivity contribution is 5.66. The minimum Gasteiger partial charge on any atom is -0.481 e. The van der Waals surface area contributed by atoms with Gasteiger partial charge in [-0.2, -0.15) is 0 Å². The molecule has 0 aromatic heterocycles. The third-order valence-electron chi connectivity index (χ3n) is 3.45. The van der Waals surface area contributed by atoms with Gasteiger partial charge in [-0.05, 0) is 39.0 Å². The number of hydrogen-bond acceptors (Lipinski definition) is 2. The van der Waals surface area contributed by atoms with Crippen molar-refractivity contribution in [1.29, 1.82) is 0 Å². The minimum absolute atomic E-state index is 0.269. The van der Waals surface area contributed by atoms with E-state index in [9.17, 15) is 4.79 Å². The van der Waals surface area contributed by atoms with Crippen LogP contribution in [0.5, 0.6) is 0 Å². The fourth-order valence-corrected chi connectivity index (χ4v) is 2.47. The van der Waals surface area contributed by atoms with Gasteiger partial charge < -0.3 is 10.4 Å². The molecule has 2 atom stereocenters. The van der Waals surface area contributed by atoms with Crippen molar-refractivity contribution in [2.45, 2.75) is 64.5 Å². The van der Waals surface area contributed by atoms with Crippen LogP contribution in [0, 0.1) is 5.92 Å². The van der Waals surface area contributed by atoms with Gasteiger partial charge in [0.05, 0.1) is 0 Å². The van der Waals surface area contributed by atoms with E-state index in [2.05, 4.69) is 19.2 Å². The lowest BCUT2D eigenvalue weighted by Gasteiger charge is -2.24. The van der Waals surface area contributed by atoms with Gasteiger partial charge in [-0.1, -0.05) is 12.8 Å². The quantitative estimate of drug-likeness (QED) is 0.712. The van der Waals surface area contributed by atoms with Crippen molar-refractivity contribution in [2.24, 2.45) is 5.92 Å². The topological polar surface area (TPSA) is 49.3 Å². The summed E-state index contributed by atoms with van der Waals surface area (Å²) in [5, 5.41) is 12.1. The monoisotopic (exact) mass is 213 g/mol. The maximum absolute atomic E-state index is 10.4. The summed E-state index contributed by atoms with van der Waals surface area (Å²) in [6, 6.07) is 0.855. The number of hydrogen-bond donors (Lipinski definition) is 2. The Labute approximate surface area is 92.3 Å².